The van der Waals surface area contributed by atoms with Gasteiger partial charge in [-0.25, -0.2) is 15.0 Å². The first-order valence-electron chi connectivity index (χ1n) is 8.88. The molecule has 4 aromatic rings. The van der Waals surface area contributed by atoms with Crippen molar-refractivity contribution in [2.24, 2.45) is 0 Å². The van der Waals surface area contributed by atoms with Crippen LogP contribution >= 0.6 is 11.6 Å². The second-order valence-corrected chi connectivity index (χ2v) is 7.20. The van der Waals surface area contributed by atoms with Crippen molar-refractivity contribution >= 4 is 39.4 Å². The van der Waals surface area contributed by atoms with E-state index in [9.17, 15) is 0 Å². The van der Waals surface area contributed by atoms with Gasteiger partial charge in [-0.05, 0) is 43.2 Å². The summed E-state index contributed by atoms with van der Waals surface area (Å²) in [6.45, 7) is 1.91. The number of aromatic nitrogens is 4. The number of nitrogens with one attached hydrogen (secondary N) is 1. The maximum atomic E-state index is 6.09. The molecule has 2 aromatic heterocycles. The van der Waals surface area contributed by atoms with Crippen LogP contribution in [0.25, 0.3) is 21.9 Å². The van der Waals surface area contributed by atoms with Crippen LogP contribution in [0.3, 0.4) is 0 Å². The fourth-order valence-corrected chi connectivity index (χ4v) is 3.96. The van der Waals surface area contributed by atoms with E-state index < -0.39 is 0 Å². The molecule has 0 amide bonds. The molecular weight excluding hydrogens is 346 g/mol. The zero-order valence-corrected chi connectivity index (χ0v) is 14.9. The molecule has 0 unspecified atom stereocenters. The Kier molecular flexibility index (Phi) is 3.75. The van der Waals surface area contributed by atoms with E-state index in [0.717, 1.165) is 59.5 Å². The molecular formula is C20H18ClN5. The smallest absolute Gasteiger partial charge is 0.139 e. The third kappa shape index (κ3) is 2.69. The molecule has 0 bridgehead atoms. The van der Waals surface area contributed by atoms with E-state index in [0.29, 0.717) is 10.9 Å². The molecule has 5 nitrogen and oxygen atoms in total. The van der Waals surface area contributed by atoms with Gasteiger partial charge in [-0.15, -0.1) is 0 Å². The van der Waals surface area contributed by atoms with Crippen molar-refractivity contribution in [2.75, 3.05) is 18.0 Å². The molecule has 0 radical (unpaired) electrons. The Hall–Kier alpha value is -2.66. The van der Waals surface area contributed by atoms with Crippen LogP contribution in [0.2, 0.25) is 5.02 Å². The molecule has 1 fully saturated rings. The summed E-state index contributed by atoms with van der Waals surface area (Å²) in [7, 11) is 0. The largest absolute Gasteiger partial charge is 0.356 e. The Labute approximate surface area is 156 Å². The lowest BCUT2D eigenvalue weighted by atomic mass is 9.96. The van der Waals surface area contributed by atoms with Gasteiger partial charge in [-0.3, -0.25) is 0 Å². The summed E-state index contributed by atoms with van der Waals surface area (Å²) in [5.41, 5.74) is 3.05. The van der Waals surface area contributed by atoms with Crippen molar-refractivity contribution < 1.29 is 0 Å². The molecule has 1 saturated heterocycles. The number of aromatic amines is 1. The van der Waals surface area contributed by atoms with Crippen molar-refractivity contribution in [1.29, 1.82) is 0 Å². The number of nitrogens with zero attached hydrogens (tertiary/aromatic N) is 4. The number of benzene rings is 2. The molecule has 1 aliphatic rings. The lowest BCUT2D eigenvalue weighted by Gasteiger charge is -2.32. The highest BCUT2D eigenvalue weighted by Gasteiger charge is 2.24. The average molecular weight is 364 g/mol. The number of hydrogen-bond acceptors (Lipinski definition) is 4. The van der Waals surface area contributed by atoms with E-state index in [1.54, 1.807) is 6.33 Å². The van der Waals surface area contributed by atoms with Gasteiger partial charge in [0.1, 0.15) is 18.0 Å². The highest BCUT2D eigenvalue weighted by atomic mass is 35.5. The van der Waals surface area contributed by atoms with Crippen molar-refractivity contribution in [3.8, 4) is 0 Å². The van der Waals surface area contributed by atoms with E-state index in [1.807, 2.05) is 30.3 Å². The van der Waals surface area contributed by atoms with Gasteiger partial charge in [0.05, 0.1) is 16.6 Å². The van der Waals surface area contributed by atoms with Crippen molar-refractivity contribution in [3.05, 3.63) is 59.6 Å². The minimum atomic E-state index is 0.459. The molecule has 1 aliphatic heterocycles. The van der Waals surface area contributed by atoms with E-state index in [-0.39, 0.29) is 0 Å². The number of hydrogen-bond donors (Lipinski definition) is 1. The van der Waals surface area contributed by atoms with Crippen LogP contribution in [0.5, 0.6) is 0 Å². The second-order valence-electron chi connectivity index (χ2n) is 6.76. The Morgan fingerprint density at radius 1 is 1.00 bits per heavy atom. The number of anilines is 1. The minimum Gasteiger partial charge on any atom is -0.356 e. The molecule has 2 aromatic carbocycles. The summed E-state index contributed by atoms with van der Waals surface area (Å²) in [5, 5.41) is 1.75. The summed E-state index contributed by atoms with van der Waals surface area (Å²) in [5.74, 6) is 2.56. The zero-order chi connectivity index (χ0) is 17.5. The quantitative estimate of drug-likeness (QED) is 0.568. The lowest BCUT2D eigenvalue weighted by Crippen LogP contribution is -2.34. The number of rotatable bonds is 2. The number of imidazole rings is 1. The molecule has 3 heterocycles. The van der Waals surface area contributed by atoms with Gasteiger partial charge in [-0.1, -0.05) is 23.7 Å². The van der Waals surface area contributed by atoms with Crippen molar-refractivity contribution in [2.45, 2.75) is 18.8 Å². The molecule has 0 spiro atoms. The summed E-state index contributed by atoms with van der Waals surface area (Å²) >= 11 is 6.09. The maximum absolute atomic E-state index is 6.09. The molecule has 0 saturated carbocycles. The molecule has 130 valence electrons. The van der Waals surface area contributed by atoms with Crippen molar-refractivity contribution in [1.82, 2.24) is 19.9 Å². The van der Waals surface area contributed by atoms with Crippen LogP contribution in [0, 0.1) is 0 Å². The highest BCUT2D eigenvalue weighted by molar-refractivity contribution is 6.31. The van der Waals surface area contributed by atoms with Gasteiger partial charge in [0, 0.05) is 29.4 Å². The Bertz CT molecular complexity index is 1050. The zero-order valence-electron chi connectivity index (χ0n) is 14.2. The molecule has 1 N–H and O–H groups in total. The highest BCUT2D eigenvalue weighted by Crippen LogP contribution is 2.32. The topological polar surface area (TPSA) is 57.7 Å². The summed E-state index contributed by atoms with van der Waals surface area (Å²) in [4.78, 5) is 19.5. The van der Waals surface area contributed by atoms with Crippen LogP contribution < -0.4 is 4.90 Å². The number of para-hydroxylation sites is 2. The van der Waals surface area contributed by atoms with Gasteiger partial charge in [0.2, 0.25) is 0 Å². The first-order chi connectivity index (χ1) is 12.8. The minimum absolute atomic E-state index is 0.459. The lowest BCUT2D eigenvalue weighted by molar-refractivity contribution is 0.488. The van der Waals surface area contributed by atoms with Crippen LogP contribution in [0.4, 0.5) is 5.82 Å². The predicted octanol–water partition coefficient (Wildman–Crippen LogP) is 4.54. The second kappa shape index (κ2) is 6.25. The van der Waals surface area contributed by atoms with Crippen LogP contribution in [0.15, 0.2) is 48.8 Å². The number of halogens is 1. The third-order valence-corrected chi connectivity index (χ3v) is 5.40. The van der Waals surface area contributed by atoms with E-state index in [2.05, 4.69) is 32.0 Å². The number of H-pyrrole nitrogens is 1. The van der Waals surface area contributed by atoms with Crippen LogP contribution in [-0.2, 0) is 0 Å². The first kappa shape index (κ1) is 15.6. The van der Waals surface area contributed by atoms with Crippen LogP contribution in [0.1, 0.15) is 24.6 Å². The maximum Gasteiger partial charge on any atom is 0.139 e. The SMILES string of the molecule is Clc1ccc2c(N3CCC(c4nc5ccccc5[nH]4)CC3)ncnc2c1. The Morgan fingerprint density at radius 2 is 1.85 bits per heavy atom. The number of fused-ring (bicyclic) bond motifs is 2. The molecule has 0 aliphatic carbocycles. The summed E-state index contributed by atoms with van der Waals surface area (Å²) < 4.78 is 0. The first-order valence-corrected chi connectivity index (χ1v) is 9.25. The van der Waals surface area contributed by atoms with E-state index in [1.165, 1.54) is 0 Å². The Balaban J connectivity index is 1.39. The number of piperidine rings is 1. The van der Waals surface area contributed by atoms with Gasteiger partial charge in [-0.2, -0.15) is 0 Å². The van der Waals surface area contributed by atoms with Gasteiger partial charge in [0.15, 0.2) is 0 Å². The normalized spacial score (nSPS) is 15.8. The van der Waals surface area contributed by atoms with Gasteiger partial charge in [0.25, 0.3) is 0 Å². The molecule has 5 rings (SSSR count). The van der Waals surface area contributed by atoms with Gasteiger partial charge < -0.3 is 9.88 Å². The van der Waals surface area contributed by atoms with E-state index >= 15 is 0 Å². The molecule has 26 heavy (non-hydrogen) atoms. The summed E-state index contributed by atoms with van der Waals surface area (Å²) in [6, 6.07) is 14.0. The monoisotopic (exact) mass is 363 g/mol. The predicted molar refractivity (Wildman–Crippen MR) is 105 cm³/mol. The summed E-state index contributed by atoms with van der Waals surface area (Å²) in [6.07, 6.45) is 3.73. The van der Waals surface area contributed by atoms with Crippen molar-refractivity contribution in [3.63, 3.8) is 0 Å². The fourth-order valence-electron chi connectivity index (χ4n) is 3.80. The van der Waals surface area contributed by atoms with E-state index in [4.69, 9.17) is 16.6 Å². The fraction of sp³-hybridized carbons (Fsp3) is 0.250. The Morgan fingerprint density at radius 3 is 2.69 bits per heavy atom. The molecule has 0 atom stereocenters. The standard InChI is InChI=1S/C20H18ClN5/c21-14-5-6-15-18(11-14)22-12-23-20(15)26-9-7-13(8-10-26)19-24-16-3-1-2-4-17(16)25-19/h1-6,11-13H,7-10H2,(H,24,25). The molecule has 6 heteroatoms. The van der Waals surface area contributed by atoms with Gasteiger partial charge >= 0.3 is 0 Å². The average Bonchev–Trinajstić information content (AvgIpc) is 3.12. The van der Waals surface area contributed by atoms with Crippen LogP contribution in [-0.4, -0.2) is 33.0 Å². The third-order valence-electron chi connectivity index (χ3n) is 5.17.